The lowest BCUT2D eigenvalue weighted by Crippen LogP contribution is -2.52. The van der Waals surface area contributed by atoms with Crippen molar-refractivity contribution >= 4 is 0 Å². The van der Waals surface area contributed by atoms with Gasteiger partial charge in [-0.15, -0.1) is 0 Å². The lowest BCUT2D eigenvalue weighted by molar-refractivity contribution is -0.00663. The lowest BCUT2D eigenvalue weighted by Gasteiger charge is -2.46. The third kappa shape index (κ3) is 1.58. The number of hydrogen-bond acceptors (Lipinski definition) is 2. The SMILES string of the molecule is c1ccc2c(c1)C[C@H]([C@H]1CN3CCC1CC3)O2. The van der Waals surface area contributed by atoms with Crippen LogP contribution in [-0.2, 0) is 6.42 Å². The zero-order chi connectivity index (χ0) is 11.2. The van der Waals surface area contributed by atoms with Gasteiger partial charge in [0.2, 0.25) is 0 Å². The van der Waals surface area contributed by atoms with Crippen molar-refractivity contribution in [3.63, 3.8) is 0 Å². The number of nitrogens with zero attached hydrogens (tertiary/aromatic N) is 1. The fourth-order valence-electron chi connectivity index (χ4n) is 3.88. The van der Waals surface area contributed by atoms with Crippen molar-refractivity contribution in [2.24, 2.45) is 11.8 Å². The van der Waals surface area contributed by atoms with Crippen molar-refractivity contribution in [3.05, 3.63) is 29.8 Å². The summed E-state index contributed by atoms with van der Waals surface area (Å²) in [4.78, 5) is 2.62. The van der Waals surface area contributed by atoms with Gasteiger partial charge in [-0.1, -0.05) is 18.2 Å². The van der Waals surface area contributed by atoms with Gasteiger partial charge in [0.1, 0.15) is 11.9 Å². The first-order valence-electron chi connectivity index (χ1n) is 6.87. The molecule has 3 fully saturated rings. The molecular weight excluding hydrogens is 210 g/mol. The van der Waals surface area contributed by atoms with E-state index in [1.165, 1.54) is 38.0 Å². The predicted molar refractivity (Wildman–Crippen MR) is 67.2 cm³/mol. The molecule has 2 atom stereocenters. The molecule has 4 aliphatic heterocycles. The quantitative estimate of drug-likeness (QED) is 0.733. The molecule has 2 bridgehead atoms. The van der Waals surface area contributed by atoms with Crippen molar-refractivity contribution < 1.29 is 4.74 Å². The Labute approximate surface area is 103 Å². The average molecular weight is 229 g/mol. The van der Waals surface area contributed by atoms with Crippen molar-refractivity contribution in [3.8, 4) is 5.75 Å². The summed E-state index contributed by atoms with van der Waals surface area (Å²) in [6, 6.07) is 8.55. The van der Waals surface area contributed by atoms with E-state index in [4.69, 9.17) is 4.74 Å². The molecule has 0 amide bonds. The first kappa shape index (κ1) is 9.95. The molecule has 90 valence electrons. The van der Waals surface area contributed by atoms with Crippen LogP contribution in [0, 0.1) is 11.8 Å². The van der Waals surface area contributed by atoms with E-state index in [9.17, 15) is 0 Å². The summed E-state index contributed by atoms with van der Waals surface area (Å²) in [6.45, 7) is 3.91. The van der Waals surface area contributed by atoms with Crippen LogP contribution in [0.5, 0.6) is 5.75 Å². The third-order valence-electron chi connectivity index (χ3n) is 4.86. The van der Waals surface area contributed by atoms with Crippen LogP contribution >= 0.6 is 0 Å². The van der Waals surface area contributed by atoms with E-state index in [-0.39, 0.29) is 0 Å². The molecule has 4 aliphatic rings. The summed E-state index contributed by atoms with van der Waals surface area (Å²) in [5, 5.41) is 0. The maximum atomic E-state index is 6.17. The highest BCUT2D eigenvalue weighted by Crippen LogP contribution is 2.40. The molecule has 4 heterocycles. The average Bonchev–Trinajstić information content (AvgIpc) is 2.83. The second-order valence-electron chi connectivity index (χ2n) is 5.77. The highest BCUT2D eigenvalue weighted by atomic mass is 16.5. The zero-order valence-electron chi connectivity index (χ0n) is 10.1. The first-order valence-corrected chi connectivity index (χ1v) is 6.87. The predicted octanol–water partition coefficient (Wildman–Crippen LogP) is 2.33. The molecule has 0 aromatic heterocycles. The van der Waals surface area contributed by atoms with Crippen LogP contribution in [0.15, 0.2) is 24.3 Å². The number of para-hydroxylation sites is 1. The van der Waals surface area contributed by atoms with Crippen molar-refractivity contribution in [1.82, 2.24) is 4.90 Å². The topological polar surface area (TPSA) is 12.5 Å². The summed E-state index contributed by atoms with van der Waals surface area (Å²) in [7, 11) is 0. The minimum atomic E-state index is 0.445. The summed E-state index contributed by atoms with van der Waals surface area (Å²) in [5.74, 6) is 2.82. The molecule has 0 aliphatic carbocycles. The van der Waals surface area contributed by atoms with Gasteiger partial charge < -0.3 is 9.64 Å². The van der Waals surface area contributed by atoms with Gasteiger partial charge in [-0.05, 0) is 43.5 Å². The molecule has 0 saturated carbocycles. The molecule has 0 radical (unpaired) electrons. The maximum absolute atomic E-state index is 6.17. The molecule has 5 rings (SSSR count). The Morgan fingerprint density at radius 2 is 1.94 bits per heavy atom. The Balaban J connectivity index is 1.55. The molecule has 1 aromatic rings. The number of ether oxygens (including phenoxy) is 1. The van der Waals surface area contributed by atoms with Crippen LogP contribution in [0.4, 0.5) is 0 Å². The normalized spacial score (nSPS) is 38.8. The Morgan fingerprint density at radius 1 is 1.12 bits per heavy atom. The molecule has 1 aromatic carbocycles. The molecule has 0 unspecified atom stereocenters. The second-order valence-corrected chi connectivity index (χ2v) is 5.77. The summed E-state index contributed by atoms with van der Waals surface area (Å²) in [5.41, 5.74) is 1.41. The van der Waals surface area contributed by atoms with Crippen LogP contribution in [0.2, 0.25) is 0 Å². The molecule has 17 heavy (non-hydrogen) atoms. The lowest BCUT2D eigenvalue weighted by atomic mass is 9.75. The van der Waals surface area contributed by atoms with Crippen LogP contribution in [-0.4, -0.2) is 30.6 Å². The third-order valence-corrected chi connectivity index (χ3v) is 4.86. The van der Waals surface area contributed by atoms with Gasteiger partial charge in [0, 0.05) is 18.9 Å². The molecule has 0 N–H and O–H groups in total. The van der Waals surface area contributed by atoms with Gasteiger partial charge in [0.25, 0.3) is 0 Å². The smallest absolute Gasteiger partial charge is 0.123 e. The Kier molecular flexibility index (Phi) is 2.19. The van der Waals surface area contributed by atoms with Crippen molar-refractivity contribution in [2.45, 2.75) is 25.4 Å². The highest BCUT2D eigenvalue weighted by molar-refractivity contribution is 5.37. The Bertz CT molecular complexity index is 398. The minimum Gasteiger partial charge on any atom is -0.489 e. The fraction of sp³-hybridized carbons (Fsp3) is 0.600. The minimum absolute atomic E-state index is 0.445. The van der Waals surface area contributed by atoms with E-state index >= 15 is 0 Å². The van der Waals surface area contributed by atoms with Crippen LogP contribution in [0.25, 0.3) is 0 Å². The molecule has 0 spiro atoms. The van der Waals surface area contributed by atoms with E-state index in [2.05, 4.69) is 29.2 Å². The molecule has 3 saturated heterocycles. The van der Waals surface area contributed by atoms with Gasteiger partial charge in [0.05, 0.1) is 0 Å². The number of fused-ring (bicyclic) bond motifs is 4. The Hall–Kier alpha value is -1.02. The van der Waals surface area contributed by atoms with Gasteiger partial charge in [0.15, 0.2) is 0 Å². The van der Waals surface area contributed by atoms with Gasteiger partial charge in [-0.2, -0.15) is 0 Å². The molecule has 2 heteroatoms. The molecular formula is C15H19NO. The maximum Gasteiger partial charge on any atom is 0.123 e. The first-order chi connectivity index (χ1) is 8.40. The molecule has 2 nitrogen and oxygen atoms in total. The van der Waals surface area contributed by atoms with Gasteiger partial charge in [-0.3, -0.25) is 0 Å². The highest BCUT2D eigenvalue weighted by Gasteiger charge is 2.41. The standard InChI is InChI=1S/C15H19NO/c1-2-4-14-12(3-1)9-15(17-14)13-10-16-7-5-11(13)6-8-16/h1-4,11,13,15H,5-10H2/t13-,15+/m0/s1. The van der Waals surface area contributed by atoms with E-state index in [0.29, 0.717) is 6.10 Å². The Morgan fingerprint density at radius 3 is 2.65 bits per heavy atom. The number of rotatable bonds is 1. The second kappa shape index (κ2) is 3.74. The summed E-state index contributed by atoms with van der Waals surface area (Å²) in [6.07, 6.45) is 4.35. The zero-order valence-corrected chi connectivity index (χ0v) is 10.1. The van der Waals surface area contributed by atoms with E-state index in [1.807, 2.05) is 0 Å². The van der Waals surface area contributed by atoms with Crippen LogP contribution in [0.3, 0.4) is 0 Å². The van der Waals surface area contributed by atoms with Crippen molar-refractivity contribution in [2.75, 3.05) is 19.6 Å². The van der Waals surface area contributed by atoms with E-state index in [1.54, 1.807) is 0 Å². The monoisotopic (exact) mass is 229 g/mol. The largest absolute Gasteiger partial charge is 0.489 e. The number of piperidine rings is 3. The number of hydrogen-bond donors (Lipinski definition) is 0. The van der Waals surface area contributed by atoms with Crippen LogP contribution < -0.4 is 4.74 Å². The summed E-state index contributed by atoms with van der Waals surface area (Å²) >= 11 is 0. The van der Waals surface area contributed by atoms with Crippen LogP contribution in [0.1, 0.15) is 18.4 Å². The fourth-order valence-corrected chi connectivity index (χ4v) is 3.88. The van der Waals surface area contributed by atoms with E-state index < -0.39 is 0 Å². The van der Waals surface area contributed by atoms with Crippen molar-refractivity contribution in [1.29, 1.82) is 0 Å². The van der Waals surface area contributed by atoms with Gasteiger partial charge >= 0.3 is 0 Å². The van der Waals surface area contributed by atoms with Gasteiger partial charge in [-0.25, -0.2) is 0 Å². The number of benzene rings is 1. The summed E-state index contributed by atoms with van der Waals surface area (Å²) < 4.78 is 6.17. The van der Waals surface area contributed by atoms with E-state index in [0.717, 1.165) is 24.0 Å².